The van der Waals surface area contributed by atoms with E-state index in [4.69, 9.17) is 12.2 Å². The number of nitrogens with one attached hydrogen (secondary N) is 1. The van der Waals surface area contributed by atoms with E-state index in [1.54, 1.807) is 16.8 Å². The molecule has 2 atom stereocenters. The minimum Gasteiger partial charge on any atom is -0.352 e. The van der Waals surface area contributed by atoms with Crippen LogP contribution in [0.1, 0.15) is 53.6 Å². The Bertz CT molecular complexity index is 1120. The lowest BCUT2D eigenvalue weighted by molar-refractivity contribution is -0.137. The third-order valence-electron chi connectivity index (χ3n) is 5.90. The normalized spacial score (nSPS) is 18.8. The Hall–Kier alpha value is -2.87. The molecule has 0 aliphatic carbocycles. The number of benzene rings is 1. The zero-order valence-corrected chi connectivity index (χ0v) is 19.0. The van der Waals surface area contributed by atoms with Crippen molar-refractivity contribution in [1.82, 2.24) is 19.8 Å². The molecular weight excluding hydrogens is 433 g/mol. The number of para-hydroxylation sites is 1. The monoisotopic (exact) mass is 458 g/mol. The highest BCUT2D eigenvalue weighted by molar-refractivity contribution is 7.80. The maximum atomic E-state index is 13.7. The van der Waals surface area contributed by atoms with Gasteiger partial charge in [-0.3, -0.25) is 4.98 Å². The van der Waals surface area contributed by atoms with E-state index in [0.717, 1.165) is 41.7 Å². The molecule has 1 aliphatic heterocycles. The van der Waals surface area contributed by atoms with Crippen molar-refractivity contribution in [2.24, 2.45) is 0 Å². The van der Waals surface area contributed by atoms with E-state index in [-0.39, 0.29) is 17.8 Å². The highest BCUT2D eigenvalue weighted by Crippen LogP contribution is 2.42. The second-order valence-electron chi connectivity index (χ2n) is 8.00. The maximum Gasteiger partial charge on any atom is 0.418 e. The van der Waals surface area contributed by atoms with Crippen molar-refractivity contribution in [3.63, 3.8) is 0 Å². The lowest BCUT2D eigenvalue weighted by Crippen LogP contribution is -2.30. The van der Waals surface area contributed by atoms with Gasteiger partial charge in [-0.2, -0.15) is 13.2 Å². The summed E-state index contributed by atoms with van der Waals surface area (Å²) in [4.78, 5) is 6.65. The molecule has 2 aromatic heterocycles. The molecule has 1 fully saturated rings. The van der Waals surface area contributed by atoms with Crippen molar-refractivity contribution in [1.29, 1.82) is 0 Å². The molecule has 1 aromatic carbocycles. The number of pyridine rings is 1. The van der Waals surface area contributed by atoms with Crippen LogP contribution in [-0.4, -0.2) is 26.1 Å². The van der Waals surface area contributed by atoms with Gasteiger partial charge in [-0.05, 0) is 68.4 Å². The molecule has 0 amide bonds. The summed E-state index contributed by atoms with van der Waals surface area (Å²) in [5.74, 6) is 0. The van der Waals surface area contributed by atoms with E-state index in [1.807, 2.05) is 38.1 Å². The largest absolute Gasteiger partial charge is 0.418 e. The van der Waals surface area contributed by atoms with E-state index in [2.05, 4.69) is 22.1 Å². The molecule has 8 heteroatoms. The zero-order valence-electron chi connectivity index (χ0n) is 18.1. The Morgan fingerprint density at radius 2 is 1.81 bits per heavy atom. The van der Waals surface area contributed by atoms with E-state index in [9.17, 15) is 13.2 Å². The van der Waals surface area contributed by atoms with Crippen molar-refractivity contribution < 1.29 is 13.2 Å². The quantitative estimate of drug-likeness (QED) is 0.484. The van der Waals surface area contributed by atoms with Crippen molar-refractivity contribution in [3.8, 4) is 5.69 Å². The van der Waals surface area contributed by atoms with Crippen LogP contribution >= 0.6 is 12.2 Å². The molecule has 3 aromatic rings. The maximum absolute atomic E-state index is 13.7. The molecule has 3 heterocycles. The van der Waals surface area contributed by atoms with Crippen LogP contribution in [0.15, 0.2) is 54.7 Å². The molecular formula is C24H25F3N4S. The van der Waals surface area contributed by atoms with Crippen molar-refractivity contribution in [2.45, 2.75) is 45.5 Å². The van der Waals surface area contributed by atoms with Crippen molar-refractivity contribution in [2.75, 3.05) is 6.54 Å². The summed E-state index contributed by atoms with van der Waals surface area (Å²) in [6, 6.07) is 13.0. The van der Waals surface area contributed by atoms with Gasteiger partial charge in [-0.25, -0.2) is 0 Å². The minimum atomic E-state index is -4.44. The summed E-state index contributed by atoms with van der Waals surface area (Å²) in [6.45, 7) is 6.53. The highest BCUT2D eigenvalue weighted by atomic mass is 32.1. The van der Waals surface area contributed by atoms with Gasteiger partial charge < -0.3 is 14.8 Å². The Morgan fingerprint density at radius 3 is 2.47 bits per heavy atom. The van der Waals surface area contributed by atoms with Gasteiger partial charge in [0.1, 0.15) is 0 Å². The molecule has 0 radical (unpaired) electrons. The predicted molar refractivity (Wildman–Crippen MR) is 123 cm³/mol. The van der Waals surface area contributed by atoms with E-state index < -0.39 is 11.7 Å². The first-order chi connectivity index (χ1) is 15.2. The number of aryl methyl sites for hydroxylation is 1. The fourth-order valence-electron chi connectivity index (χ4n) is 4.59. The molecule has 0 unspecified atom stereocenters. The molecule has 0 spiro atoms. The van der Waals surface area contributed by atoms with Gasteiger partial charge in [-0.15, -0.1) is 0 Å². The number of hydrogen-bond donors (Lipinski definition) is 1. The minimum absolute atomic E-state index is 0.131. The second-order valence-corrected chi connectivity index (χ2v) is 8.38. The standard InChI is InChI=1S/C24H25F3N4S/c1-4-13-30-22(21(29-23(30)32)19-10-7-8-12-28-19)17-14-15(2)31(16(17)3)20-11-6-5-9-18(20)24(25,26)27/h5-12,14,21-22H,4,13H2,1-3H3,(H,29,32)/t21-,22+/m0/s1. The van der Waals surface area contributed by atoms with Crippen molar-refractivity contribution >= 4 is 17.3 Å². The Labute approximate surface area is 191 Å². The zero-order chi connectivity index (χ0) is 23.0. The fraction of sp³-hybridized carbons (Fsp3) is 0.333. The first-order valence-electron chi connectivity index (χ1n) is 10.6. The van der Waals surface area contributed by atoms with Gasteiger partial charge in [0.05, 0.1) is 29.0 Å². The average Bonchev–Trinajstić information content (AvgIpc) is 3.24. The van der Waals surface area contributed by atoms with Crippen LogP contribution in [0.4, 0.5) is 13.2 Å². The lowest BCUT2D eigenvalue weighted by atomic mass is 9.96. The average molecular weight is 459 g/mol. The number of thiocarbonyl (C=S) groups is 1. The molecule has 0 saturated carbocycles. The molecule has 4 rings (SSSR count). The number of alkyl halides is 3. The van der Waals surface area contributed by atoms with Gasteiger partial charge in [0, 0.05) is 24.1 Å². The number of hydrogen-bond acceptors (Lipinski definition) is 2. The van der Waals surface area contributed by atoms with Gasteiger partial charge >= 0.3 is 6.18 Å². The van der Waals surface area contributed by atoms with Crippen LogP contribution in [0.5, 0.6) is 0 Å². The summed E-state index contributed by atoms with van der Waals surface area (Å²) in [5.41, 5.74) is 2.77. The third-order valence-corrected chi connectivity index (χ3v) is 6.25. The van der Waals surface area contributed by atoms with E-state index in [0.29, 0.717) is 5.11 Å². The van der Waals surface area contributed by atoms with Gasteiger partial charge in [0.15, 0.2) is 5.11 Å². The third kappa shape index (κ3) is 3.88. The first kappa shape index (κ1) is 22.3. The van der Waals surface area contributed by atoms with Crippen LogP contribution in [0.25, 0.3) is 5.69 Å². The van der Waals surface area contributed by atoms with Crippen LogP contribution < -0.4 is 5.32 Å². The molecule has 32 heavy (non-hydrogen) atoms. The lowest BCUT2D eigenvalue weighted by Gasteiger charge is -2.28. The molecule has 1 saturated heterocycles. The summed E-state index contributed by atoms with van der Waals surface area (Å²) < 4.78 is 42.9. The van der Waals surface area contributed by atoms with Crippen LogP contribution in [-0.2, 0) is 6.18 Å². The summed E-state index contributed by atoms with van der Waals surface area (Å²) in [7, 11) is 0. The number of rotatable bonds is 5. The van der Waals surface area contributed by atoms with Gasteiger partial charge in [0.2, 0.25) is 0 Å². The summed E-state index contributed by atoms with van der Waals surface area (Å²) in [5, 5.41) is 4.02. The van der Waals surface area contributed by atoms with Crippen LogP contribution in [0.2, 0.25) is 0 Å². The van der Waals surface area contributed by atoms with E-state index in [1.165, 1.54) is 12.1 Å². The SMILES string of the molecule is CCCN1C(=S)N[C@@H](c2ccccn2)[C@H]1c1cc(C)n(-c2ccccc2C(F)(F)F)c1C. The Balaban J connectivity index is 1.87. The van der Waals surface area contributed by atoms with Gasteiger partial charge in [-0.1, -0.05) is 25.1 Å². The topological polar surface area (TPSA) is 33.1 Å². The first-order valence-corrected chi connectivity index (χ1v) is 11.0. The van der Waals surface area contributed by atoms with Crippen LogP contribution in [0, 0.1) is 13.8 Å². The Morgan fingerprint density at radius 1 is 1.09 bits per heavy atom. The smallest absolute Gasteiger partial charge is 0.352 e. The van der Waals surface area contributed by atoms with Crippen LogP contribution in [0.3, 0.4) is 0 Å². The number of aromatic nitrogens is 2. The molecule has 4 nitrogen and oxygen atoms in total. The Kier molecular flexibility index (Phi) is 5.99. The van der Waals surface area contributed by atoms with Crippen molar-refractivity contribution in [3.05, 3.63) is 82.9 Å². The fourth-order valence-corrected chi connectivity index (χ4v) is 4.92. The molecule has 1 N–H and O–H groups in total. The summed E-state index contributed by atoms with van der Waals surface area (Å²) in [6.07, 6.45) is -1.81. The van der Waals surface area contributed by atoms with E-state index >= 15 is 0 Å². The molecule has 1 aliphatic rings. The number of halogens is 3. The number of nitrogens with zero attached hydrogens (tertiary/aromatic N) is 3. The summed E-state index contributed by atoms with van der Waals surface area (Å²) >= 11 is 5.64. The predicted octanol–water partition coefficient (Wildman–Crippen LogP) is 5.89. The molecule has 0 bridgehead atoms. The highest BCUT2D eigenvalue weighted by Gasteiger charge is 2.41. The molecule has 168 valence electrons. The van der Waals surface area contributed by atoms with Gasteiger partial charge in [0.25, 0.3) is 0 Å². The second kappa shape index (κ2) is 8.58.